The molecule has 3 heteroatoms. The fourth-order valence-corrected chi connectivity index (χ4v) is 2.17. The molecular weight excluding hydrogens is 236 g/mol. The number of carbonyl (C=O) groups excluding carboxylic acids is 1. The Kier molecular flexibility index (Phi) is 6.57. The number of amides is 1. The molecule has 0 heterocycles. The zero-order chi connectivity index (χ0) is 14.3. The maximum Gasteiger partial charge on any atom is 0.220 e. The highest BCUT2D eigenvalue weighted by Crippen LogP contribution is 2.14. The first-order valence-electron chi connectivity index (χ1n) is 7.03. The van der Waals surface area contributed by atoms with E-state index in [1.807, 2.05) is 12.1 Å². The van der Waals surface area contributed by atoms with Crippen LogP contribution in [0, 0.1) is 18.8 Å². The van der Waals surface area contributed by atoms with Crippen LogP contribution in [0.1, 0.15) is 37.8 Å². The molecule has 0 aliphatic rings. The second-order valence-electron chi connectivity index (χ2n) is 5.70. The van der Waals surface area contributed by atoms with E-state index in [0.29, 0.717) is 25.4 Å². The van der Waals surface area contributed by atoms with Crippen molar-refractivity contribution < 1.29 is 4.79 Å². The lowest BCUT2D eigenvalue weighted by atomic mass is 9.94. The predicted octanol–water partition coefficient (Wildman–Crippen LogP) is 2.62. The lowest BCUT2D eigenvalue weighted by Crippen LogP contribution is -2.28. The van der Waals surface area contributed by atoms with Crippen molar-refractivity contribution in [3.05, 3.63) is 35.4 Å². The third kappa shape index (κ3) is 6.39. The van der Waals surface area contributed by atoms with Crippen molar-refractivity contribution in [3.8, 4) is 0 Å². The lowest BCUT2D eigenvalue weighted by molar-refractivity contribution is -0.122. The second-order valence-corrected chi connectivity index (χ2v) is 5.70. The zero-order valence-electron chi connectivity index (χ0n) is 12.3. The molecule has 1 aromatic rings. The monoisotopic (exact) mass is 262 g/mol. The Morgan fingerprint density at radius 2 is 1.89 bits per heavy atom. The van der Waals surface area contributed by atoms with Gasteiger partial charge in [-0.05, 0) is 37.3 Å². The molecule has 0 saturated heterocycles. The number of benzene rings is 1. The normalized spacial score (nSPS) is 12.5. The van der Waals surface area contributed by atoms with Gasteiger partial charge in [-0.3, -0.25) is 4.79 Å². The standard InChI is InChI=1S/C16H26N2O/c1-12(2)8-15(10-17)9-16(19)18-11-14-6-4-13(3)5-7-14/h4-7,12,15H,8-11,17H2,1-3H3,(H,18,19)/t15-/m0/s1. The first-order valence-corrected chi connectivity index (χ1v) is 7.03. The van der Waals surface area contributed by atoms with Crippen LogP contribution in [0.2, 0.25) is 0 Å². The molecule has 1 rings (SSSR count). The van der Waals surface area contributed by atoms with Gasteiger partial charge < -0.3 is 11.1 Å². The minimum atomic E-state index is 0.0941. The molecule has 0 aromatic heterocycles. The van der Waals surface area contributed by atoms with Crippen molar-refractivity contribution in [2.24, 2.45) is 17.6 Å². The van der Waals surface area contributed by atoms with E-state index in [9.17, 15) is 4.79 Å². The molecule has 0 aliphatic heterocycles. The van der Waals surface area contributed by atoms with Crippen LogP contribution >= 0.6 is 0 Å². The summed E-state index contributed by atoms with van der Waals surface area (Å²) in [6.45, 7) is 7.55. The van der Waals surface area contributed by atoms with E-state index < -0.39 is 0 Å². The summed E-state index contributed by atoms with van der Waals surface area (Å²) < 4.78 is 0. The van der Waals surface area contributed by atoms with Crippen LogP contribution in [0.4, 0.5) is 0 Å². The molecule has 0 saturated carbocycles. The van der Waals surface area contributed by atoms with Gasteiger partial charge in [0.05, 0.1) is 0 Å². The van der Waals surface area contributed by atoms with Crippen LogP contribution in [0.25, 0.3) is 0 Å². The van der Waals surface area contributed by atoms with Gasteiger partial charge in [0.15, 0.2) is 0 Å². The number of carbonyl (C=O) groups is 1. The highest BCUT2D eigenvalue weighted by molar-refractivity contribution is 5.76. The number of hydrogen-bond acceptors (Lipinski definition) is 2. The summed E-state index contributed by atoms with van der Waals surface area (Å²) in [5, 5.41) is 2.96. The molecule has 0 spiro atoms. The number of nitrogens with two attached hydrogens (primary N) is 1. The number of nitrogens with one attached hydrogen (secondary N) is 1. The van der Waals surface area contributed by atoms with Crippen LogP contribution in [-0.2, 0) is 11.3 Å². The van der Waals surface area contributed by atoms with Gasteiger partial charge >= 0.3 is 0 Å². The Morgan fingerprint density at radius 3 is 2.42 bits per heavy atom. The number of rotatable bonds is 7. The Hall–Kier alpha value is -1.35. The summed E-state index contributed by atoms with van der Waals surface area (Å²) in [7, 11) is 0. The first kappa shape index (κ1) is 15.7. The largest absolute Gasteiger partial charge is 0.352 e. The zero-order valence-corrected chi connectivity index (χ0v) is 12.3. The molecule has 0 bridgehead atoms. The van der Waals surface area contributed by atoms with E-state index in [1.165, 1.54) is 5.56 Å². The van der Waals surface area contributed by atoms with E-state index >= 15 is 0 Å². The highest BCUT2D eigenvalue weighted by Gasteiger charge is 2.13. The number of aryl methyl sites for hydroxylation is 1. The summed E-state index contributed by atoms with van der Waals surface area (Å²) in [5.41, 5.74) is 8.08. The third-order valence-corrected chi connectivity index (χ3v) is 3.22. The Bertz CT molecular complexity index is 384. The lowest BCUT2D eigenvalue weighted by Gasteiger charge is -2.16. The summed E-state index contributed by atoms with van der Waals surface area (Å²) >= 11 is 0. The molecule has 0 fully saturated rings. The van der Waals surface area contributed by atoms with Crippen LogP contribution in [0.15, 0.2) is 24.3 Å². The fraction of sp³-hybridized carbons (Fsp3) is 0.562. The summed E-state index contributed by atoms with van der Waals surface area (Å²) in [5.74, 6) is 0.966. The van der Waals surface area contributed by atoms with Gasteiger partial charge in [0.25, 0.3) is 0 Å². The van der Waals surface area contributed by atoms with Crippen molar-refractivity contribution in [2.75, 3.05) is 6.54 Å². The van der Waals surface area contributed by atoms with E-state index in [4.69, 9.17) is 5.73 Å². The Labute approximate surface area is 116 Å². The summed E-state index contributed by atoms with van der Waals surface area (Å²) in [6, 6.07) is 8.21. The molecule has 1 amide bonds. The quantitative estimate of drug-likeness (QED) is 0.793. The molecule has 0 unspecified atom stereocenters. The Balaban J connectivity index is 2.36. The average Bonchev–Trinajstić information content (AvgIpc) is 2.36. The molecule has 19 heavy (non-hydrogen) atoms. The van der Waals surface area contributed by atoms with Gasteiger partial charge in [-0.2, -0.15) is 0 Å². The van der Waals surface area contributed by atoms with Crippen molar-refractivity contribution in [2.45, 2.75) is 40.2 Å². The van der Waals surface area contributed by atoms with Gasteiger partial charge in [-0.15, -0.1) is 0 Å². The average molecular weight is 262 g/mol. The van der Waals surface area contributed by atoms with Crippen LogP contribution in [-0.4, -0.2) is 12.5 Å². The van der Waals surface area contributed by atoms with Crippen molar-refractivity contribution in [1.82, 2.24) is 5.32 Å². The Morgan fingerprint density at radius 1 is 1.26 bits per heavy atom. The molecule has 3 N–H and O–H groups in total. The minimum Gasteiger partial charge on any atom is -0.352 e. The molecule has 106 valence electrons. The fourth-order valence-electron chi connectivity index (χ4n) is 2.17. The second kappa shape index (κ2) is 7.95. The van der Waals surface area contributed by atoms with Crippen LogP contribution < -0.4 is 11.1 Å². The third-order valence-electron chi connectivity index (χ3n) is 3.22. The predicted molar refractivity (Wildman–Crippen MR) is 79.6 cm³/mol. The smallest absolute Gasteiger partial charge is 0.220 e. The minimum absolute atomic E-state index is 0.0941. The summed E-state index contributed by atoms with van der Waals surface area (Å²) in [4.78, 5) is 11.9. The van der Waals surface area contributed by atoms with Gasteiger partial charge in [-0.1, -0.05) is 43.7 Å². The van der Waals surface area contributed by atoms with E-state index in [1.54, 1.807) is 0 Å². The molecule has 1 atom stereocenters. The summed E-state index contributed by atoms with van der Waals surface area (Å²) in [6.07, 6.45) is 1.54. The van der Waals surface area contributed by atoms with Crippen LogP contribution in [0.3, 0.4) is 0 Å². The van der Waals surface area contributed by atoms with Gasteiger partial charge in [-0.25, -0.2) is 0 Å². The highest BCUT2D eigenvalue weighted by atomic mass is 16.1. The number of hydrogen-bond donors (Lipinski definition) is 2. The molecular formula is C16H26N2O. The molecule has 0 radical (unpaired) electrons. The van der Waals surface area contributed by atoms with E-state index in [-0.39, 0.29) is 11.8 Å². The topological polar surface area (TPSA) is 55.1 Å². The van der Waals surface area contributed by atoms with Crippen molar-refractivity contribution in [1.29, 1.82) is 0 Å². The SMILES string of the molecule is Cc1ccc(CNC(=O)C[C@@H](CN)CC(C)C)cc1. The molecule has 3 nitrogen and oxygen atoms in total. The van der Waals surface area contributed by atoms with Gasteiger partial charge in [0, 0.05) is 13.0 Å². The molecule has 1 aromatic carbocycles. The van der Waals surface area contributed by atoms with Crippen molar-refractivity contribution >= 4 is 5.91 Å². The van der Waals surface area contributed by atoms with Crippen LogP contribution in [0.5, 0.6) is 0 Å². The van der Waals surface area contributed by atoms with Gasteiger partial charge in [0.1, 0.15) is 0 Å². The first-order chi connectivity index (χ1) is 9.01. The van der Waals surface area contributed by atoms with Gasteiger partial charge in [0.2, 0.25) is 5.91 Å². The van der Waals surface area contributed by atoms with Crippen molar-refractivity contribution in [3.63, 3.8) is 0 Å². The maximum absolute atomic E-state index is 11.9. The molecule has 0 aliphatic carbocycles. The van der Waals surface area contributed by atoms with E-state index in [2.05, 4.69) is 38.2 Å². The maximum atomic E-state index is 11.9. The van der Waals surface area contributed by atoms with E-state index in [0.717, 1.165) is 12.0 Å².